The number of nitrogens with zero attached hydrogens (tertiary/aromatic N) is 14. The topological polar surface area (TPSA) is 644 Å². The third-order valence-corrected chi connectivity index (χ3v) is 23.6. The molecule has 5 aromatic heterocycles. The van der Waals surface area contributed by atoms with Crippen molar-refractivity contribution in [3.05, 3.63) is 193 Å². The van der Waals surface area contributed by atoms with Crippen LogP contribution < -0.4 is 85.4 Å². The molecule has 2 aliphatic rings. The van der Waals surface area contributed by atoms with E-state index in [2.05, 4.69) is 167 Å². The molecule has 0 spiro atoms. The summed E-state index contributed by atoms with van der Waals surface area (Å²) < 4.78 is 82.9. The molecule has 143 heavy (non-hydrogen) atoms. The molecule has 0 unspecified atom stereocenters. The van der Waals surface area contributed by atoms with Crippen LogP contribution in [0.2, 0.25) is 0 Å². The van der Waals surface area contributed by atoms with Gasteiger partial charge in [-0.3, -0.25) is 63.1 Å². The van der Waals surface area contributed by atoms with Gasteiger partial charge in [-0.15, -0.1) is 5.10 Å². The molecule has 0 saturated carbocycles. The Morgan fingerprint density at radius 3 is 1.13 bits per heavy atom. The predicted octanol–water partition coefficient (Wildman–Crippen LogP) is 2.29. The van der Waals surface area contributed by atoms with Crippen LogP contribution in [0, 0.1) is 0 Å². The summed E-state index contributed by atoms with van der Waals surface area (Å²) in [5.74, 6) is -4.14. The summed E-state index contributed by atoms with van der Waals surface area (Å²) in [6.07, 6.45) is 19.1. The first kappa shape index (κ1) is 111. The number of nitrogens with one attached hydrogen (secondary N) is 12. The van der Waals surface area contributed by atoms with Crippen molar-refractivity contribution in [3.8, 4) is 22.5 Å². The van der Waals surface area contributed by atoms with E-state index >= 15 is 0 Å². The number of fused-ring (bicyclic) bond motifs is 2. The molecule has 0 saturated heterocycles. The molecule has 6 heterocycles. The summed E-state index contributed by atoms with van der Waals surface area (Å²) in [5.41, 5.74) is 8.20. The highest BCUT2D eigenvalue weighted by Crippen LogP contribution is 2.46. The second-order valence-electron chi connectivity index (χ2n) is 32.4. The maximum absolute atomic E-state index is 14.0. The van der Waals surface area contributed by atoms with Gasteiger partial charge in [-0.25, -0.2) is 56.7 Å². The van der Waals surface area contributed by atoms with Gasteiger partial charge in [0, 0.05) is 177 Å². The Morgan fingerprint density at radius 1 is 0.413 bits per heavy atom. The van der Waals surface area contributed by atoms with Crippen molar-refractivity contribution in [2.24, 2.45) is 0 Å². The maximum Gasteiger partial charge on any atom is 0.251 e. The van der Waals surface area contributed by atoms with E-state index < -0.39 is 87.6 Å². The number of carboxylic acids is 1. The number of aromatic carboxylic acids is 1. The lowest BCUT2D eigenvalue weighted by Crippen LogP contribution is -2.48. The first-order chi connectivity index (χ1) is 68.7. The highest BCUT2D eigenvalue weighted by Gasteiger charge is 2.31. The molecule has 0 radical (unpaired) electrons. The number of benzene rings is 3. The number of carbonyl (C=O) groups excluding carboxylic acids is 9. The molecule has 760 valence electrons. The first-order valence-electron chi connectivity index (χ1n) is 46.1. The van der Waals surface area contributed by atoms with Gasteiger partial charge in [-0.1, -0.05) is 76.8 Å². The molecule has 47 heteroatoms. The van der Waals surface area contributed by atoms with E-state index in [0.717, 1.165) is 18.2 Å². The number of nitrogen functional groups attached to an aromatic ring is 1. The highest BCUT2D eigenvalue weighted by molar-refractivity contribution is 7.86. The van der Waals surface area contributed by atoms with Gasteiger partial charge in [0.15, 0.2) is 16.2 Å². The van der Waals surface area contributed by atoms with Gasteiger partial charge in [0.25, 0.3) is 5.91 Å². The molecule has 0 bridgehead atoms. The second-order valence-corrected chi connectivity index (χ2v) is 35.1. The summed E-state index contributed by atoms with van der Waals surface area (Å²) >= 11 is 0. The number of unbranched alkanes of at least 4 members (excludes halogenated alkanes) is 3. The lowest BCUT2D eigenvalue weighted by atomic mass is 9.89. The van der Waals surface area contributed by atoms with Crippen LogP contribution in [0.1, 0.15) is 149 Å². The average molecular weight is 2000 g/mol. The summed E-state index contributed by atoms with van der Waals surface area (Å²) in [4.78, 5) is 160. The van der Waals surface area contributed by atoms with Crippen molar-refractivity contribution in [2.45, 2.75) is 99.9 Å². The Balaban J connectivity index is 0.811. The number of anilines is 5. The van der Waals surface area contributed by atoms with Crippen LogP contribution in [0.3, 0.4) is 0 Å². The maximum atomic E-state index is 14.0. The number of aromatic nitrogens is 11. The van der Waals surface area contributed by atoms with Crippen molar-refractivity contribution in [2.75, 3.05) is 158 Å². The summed E-state index contributed by atoms with van der Waals surface area (Å²) in [7, 11) is -11.0. The van der Waals surface area contributed by atoms with Gasteiger partial charge < -0.3 is 93.0 Å². The zero-order valence-corrected chi connectivity index (χ0v) is 81.1. The van der Waals surface area contributed by atoms with Gasteiger partial charge in [0.1, 0.15) is 30.8 Å². The molecule has 2 aromatic carbocycles. The minimum Gasteiger partial charge on any atom is -0.744 e. The second kappa shape index (κ2) is 56.6. The van der Waals surface area contributed by atoms with Gasteiger partial charge in [-0.2, -0.15) is 0 Å². The van der Waals surface area contributed by atoms with Gasteiger partial charge in [0.2, 0.25) is 70.5 Å². The average Bonchev–Trinajstić information content (AvgIpc) is 0.977. The molecule has 16 N–H and O–H groups in total. The quantitative estimate of drug-likeness (QED) is 0.0113. The molecule has 1 aliphatic carbocycles. The smallest absolute Gasteiger partial charge is 0.251 e. The molecule has 9 rings (SSSR count). The molecular weight excluding hydrogens is 1880 g/mol. The SMILES string of the molecule is C=Cc1cc(C=C)nc(NCCCC(=O)NCCN(CCNC(=O)CCCNc2nc(C=C)cc(C=C)n2)CC(=O)NCCN(CCNC(=O)CN(CCNC(=O)CCCNc2nc(C=C)cc(C=C)n2)CCNC(=O)CCCNc2nc(C=C)cc(C=C)n2)CC(=O)NCc2cn(CCCCCCNC(=O)c3ccc(-c4c5ccc(=[NH2+])c(S(=O)(=O)[O-])c-5oc5c(S(=O)(=O)[O-])c(N)ccc45)c(C(=O)[O-])c3)nn2)n1. The fourth-order valence-electron chi connectivity index (χ4n) is 14.6. The Labute approximate surface area is 827 Å². The van der Waals surface area contributed by atoms with Crippen molar-refractivity contribution < 1.29 is 84.0 Å². The number of rotatable bonds is 66. The van der Waals surface area contributed by atoms with Crippen molar-refractivity contribution in [1.82, 2.24) is 112 Å². The minimum absolute atomic E-state index is 0.0194. The summed E-state index contributed by atoms with van der Waals surface area (Å²) in [5, 5.41) is 62.2. The third kappa shape index (κ3) is 36.6. The monoisotopic (exact) mass is 2000 g/mol. The molecule has 0 atom stereocenters. The predicted molar refractivity (Wildman–Crippen MR) is 538 cm³/mol. The largest absolute Gasteiger partial charge is 0.744 e. The van der Waals surface area contributed by atoms with Crippen LogP contribution >= 0.6 is 0 Å². The van der Waals surface area contributed by atoms with Crippen LogP contribution in [0.15, 0.2) is 140 Å². The molecule has 45 nitrogen and oxygen atoms in total. The van der Waals surface area contributed by atoms with E-state index in [9.17, 15) is 74.2 Å². The standard InChI is InChI=1S/C96H122N28O17S2/c1-9-64-54-65(10-2)112-93(111-64)106-36-21-25-79(125)99-40-47-121(48-41-100-80(126)26-22-37-107-94-113-66(11-3)55-67(12-4)114-94)60-83(129)103-44-51-123(52-45-104-84(130)61-122(49-42-101-81(127)27-23-38-108-95-115-68(13-5)56-69(14-6)116-95)50-43-102-82(128)28-24-39-109-96-117-70(15-7)57-71(16-8)118-96)62-85(131)110-58-72-59-124(120-119-72)46-20-18-17-19-35-105-91(132)63-29-30-73(76(53-63)92(133)134)86-74-31-33-77(97)89(142(135,136)137)87(74)141-88-75(86)32-34-78(98)90(88)143(138,139)140/h9-16,29-34,53-57,59,97H,1-8,17-28,35-52,58,60-62,98H2,(H,99,125)(H,100,126)(H,101,127)(H,102,128)(H,103,129)(H,104,130)(H,105,132)(H,110,131)(H,133,134)(H,106,111,112)(H,107,113,114)(H,108,115,116)(H,109,117,118)(H,135,136,137)(H,138,139,140)/p-2. The van der Waals surface area contributed by atoms with E-state index in [1.807, 2.05) is 0 Å². The van der Waals surface area contributed by atoms with E-state index in [1.165, 1.54) is 24.3 Å². The van der Waals surface area contributed by atoms with Crippen LogP contribution in [0.5, 0.6) is 0 Å². The van der Waals surface area contributed by atoms with E-state index in [0.29, 0.717) is 159 Å². The zero-order chi connectivity index (χ0) is 103. The van der Waals surface area contributed by atoms with Gasteiger partial charge in [-0.05, 0) is 147 Å². The molecule has 7 aromatic rings. The summed E-state index contributed by atoms with van der Waals surface area (Å²) in [6, 6.07) is 14.8. The van der Waals surface area contributed by atoms with Crippen LogP contribution in [-0.4, -0.2) is 280 Å². The normalized spacial score (nSPS) is 11.3. The van der Waals surface area contributed by atoms with E-state index in [-0.39, 0.29) is 188 Å². The van der Waals surface area contributed by atoms with Crippen LogP contribution in [0.4, 0.5) is 29.5 Å². The van der Waals surface area contributed by atoms with E-state index in [4.69, 9.17) is 15.6 Å². The number of carbonyl (C=O) groups is 9. The van der Waals surface area contributed by atoms with Crippen molar-refractivity contribution in [1.29, 1.82) is 0 Å². The zero-order valence-electron chi connectivity index (χ0n) is 79.4. The highest BCUT2D eigenvalue weighted by atomic mass is 32.2. The van der Waals surface area contributed by atoms with Crippen LogP contribution in [0.25, 0.3) is 82.0 Å². The number of aryl methyl sites for hydroxylation is 1. The summed E-state index contributed by atoms with van der Waals surface area (Å²) in [6.45, 7) is 33.4. The van der Waals surface area contributed by atoms with Crippen molar-refractivity contribution in [3.63, 3.8) is 0 Å². The Kier molecular flexibility index (Phi) is 44.0. The van der Waals surface area contributed by atoms with Gasteiger partial charge in [0.05, 0.1) is 89.6 Å². The fraction of sp³-hybridized carbons (Fsp3) is 0.354. The lowest BCUT2D eigenvalue weighted by Gasteiger charge is -2.25. The van der Waals surface area contributed by atoms with Crippen molar-refractivity contribution >= 4 is 163 Å². The Morgan fingerprint density at radius 2 is 0.769 bits per heavy atom. The minimum atomic E-state index is -5.49. The van der Waals surface area contributed by atoms with Crippen LogP contribution in [-0.2, 0) is 66.9 Å². The number of hydrogen-bond acceptors (Lipinski definition) is 35. The lowest BCUT2D eigenvalue weighted by molar-refractivity contribution is -0.255. The fourth-order valence-corrected chi connectivity index (χ4v) is 16.1. The van der Waals surface area contributed by atoms with Gasteiger partial charge >= 0.3 is 0 Å². The molecule has 1 aliphatic heterocycles. The Hall–Kier alpha value is -15.6. The Bertz CT molecular complexity index is 5880. The number of nitrogens with two attached hydrogens (primary N) is 2. The number of amides is 8. The molecule has 8 amide bonds. The molecule has 0 fully saturated rings. The number of hydrogen-bond donors (Lipinski definition) is 14. The third-order valence-electron chi connectivity index (χ3n) is 21.7. The number of carboxylic acid groups (broad SMARTS) is 1. The molecular formula is C96H120N28O17S2-2. The van der Waals surface area contributed by atoms with E-state index in [1.54, 1.807) is 98.5 Å². The first-order valence-corrected chi connectivity index (χ1v) is 48.9.